The highest BCUT2D eigenvalue weighted by Crippen LogP contribution is 2.22. The molecule has 1 amide bonds. The lowest BCUT2D eigenvalue weighted by Gasteiger charge is -2.11. The Labute approximate surface area is 150 Å². The Morgan fingerprint density at radius 3 is 2.72 bits per heavy atom. The number of imidazole rings is 1. The van der Waals surface area contributed by atoms with E-state index in [1.165, 1.54) is 23.9 Å². The molecule has 2 aromatic carbocycles. The number of amides is 1. The van der Waals surface area contributed by atoms with Crippen molar-refractivity contribution in [3.05, 3.63) is 71.8 Å². The van der Waals surface area contributed by atoms with Crippen molar-refractivity contribution in [1.29, 1.82) is 0 Å². The van der Waals surface area contributed by atoms with Gasteiger partial charge in [-0.05, 0) is 55.3 Å². The first-order chi connectivity index (χ1) is 12.0. The number of halogens is 1. The highest BCUT2D eigenvalue weighted by atomic mass is 32.2. The number of aromatic nitrogens is 2. The largest absolute Gasteiger partial charge is 0.325 e. The number of hydrogen-bond donors (Lipinski definition) is 1. The summed E-state index contributed by atoms with van der Waals surface area (Å²) in [6.45, 7) is 4.00. The van der Waals surface area contributed by atoms with E-state index in [0.29, 0.717) is 5.16 Å². The molecular formula is C19H18FN3OS. The van der Waals surface area contributed by atoms with Crippen LogP contribution in [0.5, 0.6) is 0 Å². The van der Waals surface area contributed by atoms with Gasteiger partial charge in [-0.3, -0.25) is 9.36 Å². The number of aryl methyl sites for hydroxylation is 1. The first kappa shape index (κ1) is 17.2. The van der Waals surface area contributed by atoms with E-state index in [2.05, 4.69) is 10.3 Å². The summed E-state index contributed by atoms with van der Waals surface area (Å²) in [6, 6.07) is 12.0. The van der Waals surface area contributed by atoms with Crippen LogP contribution in [0.1, 0.15) is 11.1 Å². The molecule has 25 heavy (non-hydrogen) atoms. The van der Waals surface area contributed by atoms with E-state index in [0.717, 1.165) is 22.5 Å². The van der Waals surface area contributed by atoms with Crippen molar-refractivity contribution in [2.75, 3.05) is 11.1 Å². The van der Waals surface area contributed by atoms with Crippen molar-refractivity contribution in [3.63, 3.8) is 0 Å². The zero-order valence-corrected chi connectivity index (χ0v) is 14.8. The second-order valence-corrected chi connectivity index (χ2v) is 6.58. The van der Waals surface area contributed by atoms with Crippen LogP contribution in [0.25, 0.3) is 5.69 Å². The van der Waals surface area contributed by atoms with Crippen LogP contribution in [0.2, 0.25) is 0 Å². The molecular weight excluding hydrogens is 337 g/mol. The molecule has 3 rings (SSSR count). The molecule has 128 valence electrons. The summed E-state index contributed by atoms with van der Waals surface area (Å²) < 4.78 is 14.9. The zero-order valence-electron chi connectivity index (χ0n) is 14.0. The van der Waals surface area contributed by atoms with Crippen LogP contribution in [-0.4, -0.2) is 21.2 Å². The number of anilines is 1. The average Bonchev–Trinajstić information content (AvgIpc) is 3.06. The van der Waals surface area contributed by atoms with Gasteiger partial charge >= 0.3 is 0 Å². The lowest BCUT2D eigenvalue weighted by Crippen LogP contribution is -2.15. The highest BCUT2D eigenvalue weighted by molar-refractivity contribution is 7.99. The minimum Gasteiger partial charge on any atom is -0.325 e. The molecule has 0 saturated carbocycles. The highest BCUT2D eigenvalue weighted by Gasteiger charge is 2.10. The van der Waals surface area contributed by atoms with Crippen molar-refractivity contribution in [1.82, 2.24) is 9.55 Å². The van der Waals surface area contributed by atoms with Crippen LogP contribution in [0.4, 0.5) is 10.1 Å². The van der Waals surface area contributed by atoms with Gasteiger partial charge in [0.05, 0.1) is 5.75 Å². The smallest absolute Gasteiger partial charge is 0.234 e. The van der Waals surface area contributed by atoms with E-state index in [1.54, 1.807) is 24.5 Å². The minimum atomic E-state index is -0.286. The number of hydrogen-bond acceptors (Lipinski definition) is 3. The van der Waals surface area contributed by atoms with Crippen molar-refractivity contribution in [2.45, 2.75) is 19.0 Å². The van der Waals surface area contributed by atoms with Gasteiger partial charge in [0.15, 0.2) is 5.16 Å². The number of benzene rings is 2. The van der Waals surface area contributed by atoms with E-state index >= 15 is 0 Å². The molecule has 0 saturated heterocycles. The fourth-order valence-corrected chi connectivity index (χ4v) is 3.17. The molecule has 0 radical (unpaired) electrons. The van der Waals surface area contributed by atoms with Crippen LogP contribution in [0, 0.1) is 19.7 Å². The van der Waals surface area contributed by atoms with Gasteiger partial charge in [0.1, 0.15) is 5.82 Å². The van der Waals surface area contributed by atoms with Gasteiger partial charge in [-0.2, -0.15) is 0 Å². The van der Waals surface area contributed by atoms with E-state index in [1.807, 2.05) is 36.6 Å². The summed E-state index contributed by atoms with van der Waals surface area (Å²) in [5.74, 6) is -0.135. The van der Waals surface area contributed by atoms with Gasteiger partial charge in [0.2, 0.25) is 5.91 Å². The van der Waals surface area contributed by atoms with Gasteiger partial charge in [0.25, 0.3) is 0 Å². The molecule has 0 aliphatic rings. The predicted octanol–water partition coefficient (Wildman–Crippen LogP) is 4.36. The van der Waals surface area contributed by atoms with Gasteiger partial charge in [-0.15, -0.1) is 0 Å². The third-order valence-electron chi connectivity index (χ3n) is 3.92. The van der Waals surface area contributed by atoms with Gasteiger partial charge in [-0.25, -0.2) is 9.37 Å². The quantitative estimate of drug-likeness (QED) is 0.692. The maximum Gasteiger partial charge on any atom is 0.234 e. The summed E-state index contributed by atoms with van der Waals surface area (Å²) in [7, 11) is 0. The maximum absolute atomic E-state index is 13.1. The second-order valence-electron chi connectivity index (χ2n) is 5.64. The number of carbonyl (C=O) groups is 1. The standard InChI is InChI=1S/C19H18FN3OS/c1-13-4-3-5-17(14(13)2)22-18(24)12-25-19-21-10-11-23(19)16-8-6-15(20)7-9-16/h3-11H,12H2,1-2H3,(H,22,24). The zero-order chi connectivity index (χ0) is 17.8. The summed E-state index contributed by atoms with van der Waals surface area (Å²) in [6.07, 6.45) is 3.45. The van der Waals surface area contributed by atoms with E-state index in [4.69, 9.17) is 0 Å². The number of carbonyl (C=O) groups excluding carboxylic acids is 1. The molecule has 3 aromatic rings. The van der Waals surface area contributed by atoms with E-state index in [9.17, 15) is 9.18 Å². The molecule has 0 unspecified atom stereocenters. The first-order valence-electron chi connectivity index (χ1n) is 7.83. The van der Waals surface area contributed by atoms with Gasteiger partial charge in [0, 0.05) is 23.8 Å². The molecule has 0 bridgehead atoms. The third kappa shape index (κ3) is 4.09. The number of nitrogens with zero attached hydrogens (tertiary/aromatic N) is 2. The topological polar surface area (TPSA) is 46.9 Å². The molecule has 0 atom stereocenters. The molecule has 6 heteroatoms. The normalized spacial score (nSPS) is 10.7. The molecule has 1 heterocycles. The summed E-state index contributed by atoms with van der Waals surface area (Å²) in [5, 5.41) is 3.62. The Morgan fingerprint density at radius 1 is 1.20 bits per heavy atom. The molecule has 4 nitrogen and oxygen atoms in total. The van der Waals surface area contributed by atoms with Crippen molar-refractivity contribution < 1.29 is 9.18 Å². The first-order valence-corrected chi connectivity index (χ1v) is 8.81. The lowest BCUT2D eigenvalue weighted by atomic mass is 10.1. The summed E-state index contributed by atoms with van der Waals surface area (Å²) in [5.41, 5.74) is 3.83. The molecule has 1 N–H and O–H groups in total. The molecule has 1 aromatic heterocycles. The summed E-state index contributed by atoms with van der Waals surface area (Å²) in [4.78, 5) is 16.5. The third-order valence-corrected chi connectivity index (χ3v) is 4.89. The Kier molecular flexibility index (Phi) is 5.19. The molecule has 0 aliphatic heterocycles. The fourth-order valence-electron chi connectivity index (χ4n) is 2.40. The van der Waals surface area contributed by atoms with Crippen molar-refractivity contribution >= 4 is 23.4 Å². The van der Waals surface area contributed by atoms with Crippen LogP contribution < -0.4 is 5.32 Å². The molecule has 0 spiro atoms. The van der Waals surface area contributed by atoms with Gasteiger partial charge < -0.3 is 5.32 Å². The van der Waals surface area contributed by atoms with E-state index < -0.39 is 0 Å². The predicted molar refractivity (Wildman–Crippen MR) is 98.8 cm³/mol. The Bertz CT molecular complexity index is 890. The van der Waals surface area contributed by atoms with Gasteiger partial charge in [-0.1, -0.05) is 23.9 Å². The molecule has 0 aliphatic carbocycles. The van der Waals surface area contributed by atoms with Crippen LogP contribution >= 0.6 is 11.8 Å². The lowest BCUT2D eigenvalue weighted by molar-refractivity contribution is -0.113. The Balaban J connectivity index is 1.66. The number of nitrogens with one attached hydrogen (secondary N) is 1. The van der Waals surface area contributed by atoms with Crippen LogP contribution in [0.15, 0.2) is 60.0 Å². The maximum atomic E-state index is 13.1. The van der Waals surface area contributed by atoms with Crippen LogP contribution in [-0.2, 0) is 4.79 Å². The minimum absolute atomic E-state index is 0.0904. The Morgan fingerprint density at radius 2 is 1.96 bits per heavy atom. The van der Waals surface area contributed by atoms with Crippen molar-refractivity contribution in [2.24, 2.45) is 0 Å². The number of rotatable bonds is 5. The van der Waals surface area contributed by atoms with Crippen LogP contribution in [0.3, 0.4) is 0 Å². The second kappa shape index (κ2) is 7.53. The monoisotopic (exact) mass is 355 g/mol. The summed E-state index contributed by atoms with van der Waals surface area (Å²) >= 11 is 1.34. The SMILES string of the molecule is Cc1cccc(NC(=O)CSc2nccn2-c2ccc(F)cc2)c1C. The number of thioether (sulfide) groups is 1. The molecule has 0 fully saturated rings. The average molecular weight is 355 g/mol. The van der Waals surface area contributed by atoms with E-state index in [-0.39, 0.29) is 17.5 Å². The van der Waals surface area contributed by atoms with Crippen molar-refractivity contribution in [3.8, 4) is 5.69 Å². The Hall–Kier alpha value is -2.60. The fraction of sp³-hybridized carbons (Fsp3) is 0.158.